The monoisotopic (exact) mass is 516 g/mol. The van der Waals surface area contributed by atoms with Crippen molar-refractivity contribution in [2.24, 2.45) is 0 Å². The molecule has 0 radical (unpaired) electrons. The van der Waals surface area contributed by atoms with Crippen molar-refractivity contribution in [3.8, 4) is 22.3 Å². The summed E-state index contributed by atoms with van der Waals surface area (Å²) in [5.41, 5.74) is 5.61. The van der Waals surface area contributed by atoms with Crippen LogP contribution in [-0.4, -0.2) is 11.6 Å². The molecule has 1 aliphatic rings. The minimum absolute atomic E-state index is 0.135. The lowest BCUT2D eigenvalue weighted by molar-refractivity contribution is 0.0979. The highest BCUT2D eigenvalue weighted by Gasteiger charge is 2.32. The van der Waals surface area contributed by atoms with Crippen molar-refractivity contribution in [3.63, 3.8) is 0 Å². The minimum atomic E-state index is -0.135. The Morgan fingerprint density at radius 3 is 1.13 bits per heavy atom. The van der Waals surface area contributed by atoms with E-state index in [4.69, 9.17) is 0 Å². The number of carbonyl (C=O) groups excluding carboxylic acids is 2. The van der Waals surface area contributed by atoms with Crippen LogP contribution in [0.5, 0.6) is 0 Å². The number of halogens is 2. The lowest BCUT2D eigenvalue weighted by atomic mass is 9.80. The summed E-state index contributed by atoms with van der Waals surface area (Å²) in [7, 11) is 0. The molecule has 1 aliphatic carbocycles. The minimum Gasteiger partial charge on any atom is -0.289 e. The first kappa shape index (κ1) is 19.2. The number of ketones is 2. The van der Waals surface area contributed by atoms with Crippen molar-refractivity contribution < 1.29 is 9.59 Å². The summed E-state index contributed by atoms with van der Waals surface area (Å²) in [6.45, 7) is 0. The number of carbonyl (C=O) groups is 2. The Hall–Kier alpha value is -2.82. The molecule has 4 aromatic carbocycles. The van der Waals surface area contributed by atoms with Gasteiger partial charge in [0.25, 0.3) is 0 Å². The molecular formula is C26H14Br2O2. The van der Waals surface area contributed by atoms with Gasteiger partial charge in [-0.05, 0) is 78.4 Å². The van der Waals surface area contributed by atoms with Gasteiger partial charge in [-0.2, -0.15) is 0 Å². The third-order valence-corrected chi connectivity index (χ3v) is 7.21. The summed E-state index contributed by atoms with van der Waals surface area (Å²) in [5, 5.41) is 0. The highest BCUT2D eigenvalue weighted by Crippen LogP contribution is 2.39. The number of hydrogen-bond acceptors (Lipinski definition) is 2. The van der Waals surface area contributed by atoms with E-state index in [2.05, 4.69) is 31.9 Å². The van der Waals surface area contributed by atoms with E-state index in [0.717, 1.165) is 31.2 Å². The molecule has 0 heterocycles. The van der Waals surface area contributed by atoms with Crippen LogP contribution in [-0.2, 0) is 0 Å². The van der Waals surface area contributed by atoms with Gasteiger partial charge in [-0.3, -0.25) is 9.59 Å². The van der Waals surface area contributed by atoms with E-state index in [1.807, 2.05) is 72.8 Å². The number of benzene rings is 4. The Morgan fingerprint density at radius 1 is 0.433 bits per heavy atom. The van der Waals surface area contributed by atoms with E-state index in [0.29, 0.717) is 22.3 Å². The van der Waals surface area contributed by atoms with E-state index >= 15 is 0 Å². The van der Waals surface area contributed by atoms with Crippen molar-refractivity contribution in [3.05, 3.63) is 116 Å². The predicted octanol–water partition coefficient (Wildman–Crippen LogP) is 7.32. The molecule has 30 heavy (non-hydrogen) atoms. The zero-order valence-corrected chi connectivity index (χ0v) is 18.8. The third-order valence-electron chi connectivity index (χ3n) is 5.37. The van der Waals surface area contributed by atoms with E-state index in [1.165, 1.54) is 0 Å². The molecule has 0 bridgehead atoms. The Bertz CT molecular complexity index is 1220. The van der Waals surface area contributed by atoms with E-state index in [9.17, 15) is 9.59 Å². The van der Waals surface area contributed by atoms with Gasteiger partial charge >= 0.3 is 0 Å². The van der Waals surface area contributed by atoms with Gasteiger partial charge in [0, 0.05) is 31.2 Å². The zero-order chi connectivity index (χ0) is 20.8. The average molecular weight is 518 g/mol. The number of rotatable bonds is 2. The van der Waals surface area contributed by atoms with Crippen molar-refractivity contribution in [2.45, 2.75) is 0 Å². The molecule has 0 saturated heterocycles. The summed E-state index contributed by atoms with van der Waals surface area (Å²) in [6.07, 6.45) is 0. The van der Waals surface area contributed by atoms with Crippen LogP contribution in [0.2, 0.25) is 0 Å². The van der Waals surface area contributed by atoms with Gasteiger partial charge in [-0.1, -0.05) is 60.7 Å². The van der Waals surface area contributed by atoms with Gasteiger partial charge in [0.15, 0.2) is 11.6 Å². The summed E-state index contributed by atoms with van der Waals surface area (Å²) in [4.78, 5) is 26.7. The van der Waals surface area contributed by atoms with Crippen LogP contribution in [0.25, 0.3) is 22.3 Å². The van der Waals surface area contributed by atoms with Gasteiger partial charge in [0.05, 0.1) is 0 Å². The van der Waals surface area contributed by atoms with Crippen LogP contribution < -0.4 is 0 Å². The van der Waals surface area contributed by atoms with Crippen LogP contribution in [0.4, 0.5) is 0 Å². The lowest BCUT2D eigenvalue weighted by Gasteiger charge is -2.21. The average Bonchev–Trinajstić information content (AvgIpc) is 2.79. The van der Waals surface area contributed by atoms with Crippen molar-refractivity contribution in [2.75, 3.05) is 0 Å². The molecule has 0 saturated carbocycles. The van der Waals surface area contributed by atoms with Gasteiger partial charge in [-0.25, -0.2) is 0 Å². The summed E-state index contributed by atoms with van der Waals surface area (Å²) in [5.74, 6) is -0.269. The van der Waals surface area contributed by atoms with E-state index in [1.54, 1.807) is 12.1 Å². The first-order chi connectivity index (χ1) is 14.5. The molecule has 0 amide bonds. The van der Waals surface area contributed by atoms with E-state index < -0.39 is 0 Å². The van der Waals surface area contributed by atoms with E-state index in [-0.39, 0.29) is 11.6 Å². The fraction of sp³-hybridized carbons (Fsp3) is 0. The molecule has 4 aromatic rings. The van der Waals surface area contributed by atoms with Crippen LogP contribution in [0, 0.1) is 0 Å². The Morgan fingerprint density at radius 2 is 0.767 bits per heavy atom. The topological polar surface area (TPSA) is 34.1 Å². The Labute approximate surface area is 190 Å². The smallest absolute Gasteiger partial charge is 0.194 e. The SMILES string of the molecule is O=C1c2cc(Br)c(Br)cc2C(=O)c2cc(-c3ccccc3)c(-c3ccccc3)cc21. The van der Waals surface area contributed by atoms with Crippen LogP contribution >= 0.6 is 31.9 Å². The number of hydrogen-bond donors (Lipinski definition) is 0. The van der Waals surface area contributed by atoms with Crippen LogP contribution in [0.3, 0.4) is 0 Å². The molecule has 0 aliphatic heterocycles. The molecule has 2 nitrogen and oxygen atoms in total. The Balaban J connectivity index is 1.81. The highest BCUT2D eigenvalue weighted by molar-refractivity contribution is 9.13. The third kappa shape index (κ3) is 3.08. The first-order valence-corrected chi connectivity index (χ1v) is 11.0. The molecular weight excluding hydrogens is 504 g/mol. The quantitative estimate of drug-likeness (QED) is 0.246. The van der Waals surface area contributed by atoms with Crippen molar-refractivity contribution >= 4 is 43.4 Å². The Kier molecular flexibility index (Phi) is 4.76. The molecule has 0 atom stereocenters. The second-order valence-corrected chi connectivity index (χ2v) is 8.85. The van der Waals surface area contributed by atoms with Crippen molar-refractivity contribution in [1.29, 1.82) is 0 Å². The molecule has 0 spiro atoms. The first-order valence-electron chi connectivity index (χ1n) is 9.42. The fourth-order valence-corrected chi connectivity index (χ4v) is 4.59. The zero-order valence-electron chi connectivity index (χ0n) is 15.7. The maximum atomic E-state index is 13.4. The standard InChI is InChI=1S/C26H14Br2O2/c27-23-13-21-22(14-24(23)28)26(30)20-12-18(16-9-5-2-6-10-16)17(11-19(20)25(21)29)15-7-3-1-4-8-15/h1-14H. The van der Waals surface area contributed by atoms with Crippen LogP contribution in [0.1, 0.15) is 31.8 Å². The second-order valence-electron chi connectivity index (χ2n) is 7.15. The molecule has 144 valence electrons. The summed E-state index contributed by atoms with van der Waals surface area (Å²) in [6, 6.07) is 27.1. The highest BCUT2D eigenvalue weighted by atomic mass is 79.9. The lowest BCUT2D eigenvalue weighted by Crippen LogP contribution is -2.21. The van der Waals surface area contributed by atoms with Gasteiger partial charge < -0.3 is 0 Å². The molecule has 4 heteroatoms. The molecule has 0 N–H and O–H groups in total. The second kappa shape index (κ2) is 7.46. The van der Waals surface area contributed by atoms with Gasteiger partial charge in [0.2, 0.25) is 0 Å². The predicted molar refractivity (Wildman–Crippen MR) is 126 cm³/mol. The molecule has 0 aromatic heterocycles. The normalized spacial score (nSPS) is 12.5. The van der Waals surface area contributed by atoms with Crippen LogP contribution in [0.15, 0.2) is 93.9 Å². The fourth-order valence-electron chi connectivity index (χ4n) is 3.90. The molecule has 0 fully saturated rings. The molecule has 0 unspecified atom stereocenters. The summed E-state index contributed by atoms with van der Waals surface area (Å²) < 4.78 is 1.49. The largest absolute Gasteiger partial charge is 0.289 e. The van der Waals surface area contributed by atoms with Gasteiger partial charge in [0.1, 0.15) is 0 Å². The number of fused-ring (bicyclic) bond motifs is 2. The maximum Gasteiger partial charge on any atom is 0.194 e. The maximum absolute atomic E-state index is 13.4. The molecule has 5 rings (SSSR count). The van der Waals surface area contributed by atoms with Gasteiger partial charge in [-0.15, -0.1) is 0 Å². The summed E-state index contributed by atoms with van der Waals surface area (Å²) >= 11 is 6.89. The van der Waals surface area contributed by atoms with Crippen molar-refractivity contribution in [1.82, 2.24) is 0 Å².